The molecule has 0 aliphatic rings. The van der Waals surface area contributed by atoms with Gasteiger partial charge in [-0.1, -0.05) is 17.8 Å². The van der Waals surface area contributed by atoms with Gasteiger partial charge in [-0.05, 0) is 24.6 Å². The van der Waals surface area contributed by atoms with Gasteiger partial charge in [0.2, 0.25) is 0 Å². The zero-order valence-electron chi connectivity index (χ0n) is 9.10. The predicted octanol–water partition coefficient (Wildman–Crippen LogP) is 0.198. The Labute approximate surface area is 141 Å². The van der Waals surface area contributed by atoms with E-state index in [1.165, 1.54) is 6.07 Å². The van der Waals surface area contributed by atoms with E-state index >= 15 is 0 Å². The van der Waals surface area contributed by atoms with Gasteiger partial charge in [-0.3, -0.25) is 0 Å². The first-order valence-corrected chi connectivity index (χ1v) is 4.78. The van der Waals surface area contributed by atoms with E-state index in [2.05, 4.69) is 18.5 Å². The Kier molecular flexibility index (Phi) is 6.78. The second-order valence-electron chi connectivity index (χ2n) is 3.34. The van der Waals surface area contributed by atoms with E-state index in [-0.39, 0.29) is 56.9 Å². The molecule has 0 nitrogen and oxygen atoms in total. The molecule has 0 N–H and O–H groups in total. The van der Waals surface area contributed by atoms with Gasteiger partial charge in [-0.25, -0.2) is 0 Å². The van der Waals surface area contributed by atoms with E-state index in [0.29, 0.717) is 16.0 Å². The molecular formula is C10H9BF3KS. The van der Waals surface area contributed by atoms with Crippen molar-refractivity contribution in [3.8, 4) is 12.3 Å². The number of benzene rings is 1. The number of thiol groups is 1. The molecular weight excluding hydrogens is 259 g/mol. The van der Waals surface area contributed by atoms with Crippen LogP contribution in [-0.4, -0.2) is 6.98 Å². The maximum atomic E-state index is 12.3. The minimum absolute atomic E-state index is 0. The van der Waals surface area contributed by atoms with Crippen LogP contribution < -0.4 is 51.4 Å². The molecule has 1 aromatic rings. The van der Waals surface area contributed by atoms with E-state index in [1.807, 2.05) is 0 Å². The Morgan fingerprint density at radius 2 is 1.94 bits per heavy atom. The summed E-state index contributed by atoms with van der Waals surface area (Å²) in [5, 5.41) is 0. The summed E-state index contributed by atoms with van der Waals surface area (Å²) in [7, 11) is 0. The Balaban J connectivity index is 0.00000225. The van der Waals surface area contributed by atoms with Crippen LogP contribution in [0.5, 0.6) is 0 Å². The van der Waals surface area contributed by atoms with Gasteiger partial charge < -0.3 is 12.9 Å². The zero-order valence-corrected chi connectivity index (χ0v) is 13.1. The summed E-state index contributed by atoms with van der Waals surface area (Å²) >= 11 is 4.08. The van der Waals surface area contributed by atoms with Crippen LogP contribution in [0, 0.1) is 19.3 Å². The minimum Gasteiger partial charge on any atom is -0.449 e. The molecule has 0 fully saturated rings. The van der Waals surface area contributed by atoms with Crippen molar-refractivity contribution in [3.63, 3.8) is 0 Å². The summed E-state index contributed by atoms with van der Waals surface area (Å²) < 4.78 is 36.8. The van der Waals surface area contributed by atoms with Crippen molar-refractivity contribution in [1.82, 2.24) is 0 Å². The Morgan fingerprint density at radius 1 is 1.38 bits per heavy atom. The van der Waals surface area contributed by atoms with Gasteiger partial charge in [-0.15, -0.1) is 19.1 Å². The van der Waals surface area contributed by atoms with Crippen molar-refractivity contribution < 1.29 is 64.3 Å². The maximum absolute atomic E-state index is 12.3. The second kappa shape index (κ2) is 6.53. The molecule has 0 heterocycles. The number of rotatable bonds is 2. The van der Waals surface area contributed by atoms with Crippen molar-refractivity contribution in [2.24, 2.45) is 0 Å². The summed E-state index contributed by atoms with van der Waals surface area (Å²) in [6, 6.07) is 2.98. The molecule has 0 saturated heterocycles. The van der Waals surface area contributed by atoms with E-state index in [0.717, 1.165) is 0 Å². The van der Waals surface area contributed by atoms with Gasteiger partial charge in [0.15, 0.2) is 0 Å². The molecule has 0 aliphatic heterocycles. The average molecular weight is 268 g/mol. The molecule has 0 saturated carbocycles. The third kappa shape index (κ3) is 4.86. The molecule has 0 aliphatic carbocycles. The first-order chi connectivity index (χ1) is 6.83. The van der Waals surface area contributed by atoms with Crippen LogP contribution in [0.25, 0.3) is 0 Å². The molecule has 0 aromatic heterocycles. The summed E-state index contributed by atoms with van der Waals surface area (Å²) in [5.41, 5.74) is 1.18. The van der Waals surface area contributed by atoms with Crippen LogP contribution in [0.2, 0.25) is 0 Å². The van der Waals surface area contributed by atoms with Crippen molar-refractivity contribution in [2.75, 3.05) is 0 Å². The molecule has 1 rings (SSSR count). The molecule has 1 aromatic carbocycles. The summed E-state index contributed by atoms with van der Waals surface area (Å²) in [5.74, 6) is 2.31. The monoisotopic (exact) mass is 268 g/mol. The van der Waals surface area contributed by atoms with Crippen molar-refractivity contribution in [3.05, 3.63) is 28.8 Å². The van der Waals surface area contributed by atoms with Crippen LogP contribution in [0.15, 0.2) is 17.0 Å². The Bertz CT molecular complexity index is 423. The number of terminal acetylenes is 1. The van der Waals surface area contributed by atoms with E-state index < -0.39 is 13.3 Å². The van der Waals surface area contributed by atoms with Gasteiger partial charge in [0, 0.05) is 10.5 Å². The first kappa shape index (κ1) is 16.6. The fraction of sp³-hybridized carbons (Fsp3) is 0.200. The van der Waals surface area contributed by atoms with E-state index in [9.17, 15) is 12.9 Å². The van der Waals surface area contributed by atoms with Crippen LogP contribution in [0.1, 0.15) is 16.7 Å². The molecule has 0 amide bonds. The molecule has 0 spiro atoms. The maximum Gasteiger partial charge on any atom is 1.00 e. The van der Waals surface area contributed by atoms with Gasteiger partial charge in [0.05, 0.1) is 0 Å². The smallest absolute Gasteiger partial charge is 0.449 e. The van der Waals surface area contributed by atoms with Crippen molar-refractivity contribution in [2.45, 2.75) is 18.1 Å². The number of halogens is 3. The first-order valence-electron chi connectivity index (χ1n) is 4.33. The number of hydrogen-bond donors (Lipinski definition) is 1. The fourth-order valence-corrected chi connectivity index (χ4v) is 1.59. The Morgan fingerprint density at radius 3 is 2.38 bits per heavy atom. The normalized spacial score (nSPS) is 10.5. The average Bonchev–Trinajstić information content (AvgIpc) is 2.10. The standard InChI is InChI=1S/C10H9BF3S.K/c1-3-8-4-9(6-11(12,13)14)7(2)10(15)5-8;/h1,4-5,15H,6H2,2H3;/q-1;+1. The predicted molar refractivity (Wildman–Crippen MR) is 59.1 cm³/mol. The third-order valence-electron chi connectivity index (χ3n) is 2.11. The van der Waals surface area contributed by atoms with Gasteiger partial charge in [-0.2, -0.15) is 0 Å². The van der Waals surface area contributed by atoms with Crippen molar-refractivity contribution in [1.29, 1.82) is 0 Å². The van der Waals surface area contributed by atoms with Gasteiger partial charge in [0.25, 0.3) is 0 Å². The third-order valence-corrected chi connectivity index (χ3v) is 2.57. The van der Waals surface area contributed by atoms with E-state index in [4.69, 9.17) is 6.42 Å². The summed E-state index contributed by atoms with van der Waals surface area (Å²) in [6.45, 7) is -3.23. The van der Waals surface area contributed by atoms with Gasteiger partial charge in [0.1, 0.15) is 0 Å². The topological polar surface area (TPSA) is 0 Å². The molecule has 0 unspecified atom stereocenters. The van der Waals surface area contributed by atoms with Crippen LogP contribution in [-0.2, 0) is 6.32 Å². The van der Waals surface area contributed by atoms with Crippen LogP contribution in [0.3, 0.4) is 0 Å². The summed E-state index contributed by atoms with van der Waals surface area (Å²) in [4.78, 5) is 0.500. The molecule has 80 valence electrons. The van der Waals surface area contributed by atoms with Crippen molar-refractivity contribution >= 4 is 19.6 Å². The second-order valence-corrected chi connectivity index (χ2v) is 3.82. The number of hydrogen-bond acceptors (Lipinski definition) is 1. The fourth-order valence-electron chi connectivity index (χ4n) is 1.30. The van der Waals surface area contributed by atoms with E-state index in [1.54, 1.807) is 13.0 Å². The Hall–Kier alpha value is 0.621. The summed E-state index contributed by atoms with van der Waals surface area (Å²) in [6.07, 6.45) is 4.23. The molecule has 16 heavy (non-hydrogen) atoms. The zero-order chi connectivity index (χ0) is 11.6. The largest absolute Gasteiger partial charge is 1.00 e. The SMILES string of the molecule is C#Cc1cc(S)c(C)c(C[B-](F)(F)F)c1.[K+]. The van der Waals surface area contributed by atoms with Crippen LogP contribution >= 0.6 is 12.6 Å². The molecule has 0 bridgehead atoms. The quantitative estimate of drug-likeness (QED) is 0.442. The molecule has 0 radical (unpaired) electrons. The minimum atomic E-state index is -4.84. The molecule has 0 atom stereocenters. The van der Waals surface area contributed by atoms with Gasteiger partial charge >= 0.3 is 58.4 Å². The van der Waals surface area contributed by atoms with Crippen LogP contribution in [0.4, 0.5) is 12.9 Å². The molecule has 6 heteroatoms.